The molecule has 3 heteroatoms. The number of nitrogens with zero attached hydrogens (tertiary/aromatic N) is 1. The van der Waals surface area contributed by atoms with E-state index in [1.165, 1.54) is 0 Å². The first-order valence-electron chi connectivity index (χ1n) is 6.90. The van der Waals surface area contributed by atoms with Crippen molar-refractivity contribution in [1.29, 1.82) is 0 Å². The molecule has 0 aromatic heterocycles. The Hall–Kier alpha value is -0.120. The molecule has 0 spiro atoms. The molecule has 0 bridgehead atoms. The molecule has 17 heavy (non-hydrogen) atoms. The minimum absolute atomic E-state index is 0.0301. The minimum atomic E-state index is -0.606. The molecule has 0 aromatic rings. The topological polar surface area (TPSA) is 43.5 Å². The summed E-state index contributed by atoms with van der Waals surface area (Å²) in [6, 6.07) is 0.343. The number of aliphatic hydroxyl groups is 2. The van der Waals surface area contributed by atoms with Crippen LogP contribution in [0.2, 0.25) is 0 Å². The number of aliphatic hydroxyl groups excluding tert-OH is 1. The average molecular weight is 241 g/mol. The van der Waals surface area contributed by atoms with Crippen LogP contribution in [0.1, 0.15) is 60.3 Å². The number of fused-ring (bicyclic) bond motifs is 1. The molecule has 0 amide bonds. The monoisotopic (exact) mass is 241 g/mol. The van der Waals surface area contributed by atoms with Gasteiger partial charge in [-0.1, -0.05) is 13.8 Å². The van der Waals surface area contributed by atoms with Gasteiger partial charge in [0, 0.05) is 11.1 Å². The van der Waals surface area contributed by atoms with E-state index in [1.54, 1.807) is 0 Å². The SMILES string of the molecule is CCC(C)(O)CC(C)(C)N1C2C(O)CC21CC. The Balaban J connectivity index is 2.08. The molecule has 5 unspecified atom stereocenters. The molecule has 1 aliphatic heterocycles. The van der Waals surface area contributed by atoms with Gasteiger partial charge >= 0.3 is 0 Å². The molecule has 2 N–H and O–H groups in total. The third-order valence-corrected chi connectivity index (χ3v) is 5.01. The zero-order chi connectivity index (χ0) is 13.1. The van der Waals surface area contributed by atoms with Crippen molar-refractivity contribution in [3.63, 3.8) is 0 Å². The van der Waals surface area contributed by atoms with Crippen LogP contribution in [0.25, 0.3) is 0 Å². The molecule has 2 fully saturated rings. The van der Waals surface area contributed by atoms with Crippen LogP contribution in [-0.4, -0.2) is 43.9 Å². The van der Waals surface area contributed by atoms with Crippen LogP contribution in [0, 0.1) is 0 Å². The summed E-state index contributed by atoms with van der Waals surface area (Å²) in [5.74, 6) is 0. The zero-order valence-corrected chi connectivity index (χ0v) is 11.8. The maximum atomic E-state index is 10.3. The Labute approximate surface area is 105 Å². The lowest BCUT2D eigenvalue weighted by molar-refractivity contribution is 0.00509. The summed E-state index contributed by atoms with van der Waals surface area (Å²) >= 11 is 0. The van der Waals surface area contributed by atoms with Crippen molar-refractivity contribution >= 4 is 0 Å². The summed E-state index contributed by atoms with van der Waals surface area (Å²) in [7, 11) is 0. The van der Waals surface area contributed by atoms with Gasteiger partial charge in [-0.15, -0.1) is 0 Å². The highest BCUT2D eigenvalue weighted by Crippen LogP contribution is 2.62. The maximum Gasteiger partial charge on any atom is 0.0732 e. The van der Waals surface area contributed by atoms with Gasteiger partial charge in [-0.2, -0.15) is 0 Å². The Morgan fingerprint density at radius 3 is 2.24 bits per heavy atom. The lowest BCUT2D eigenvalue weighted by Gasteiger charge is -2.36. The Morgan fingerprint density at radius 1 is 1.29 bits per heavy atom. The van der Waals surface area contributed by atoms with E-state index in [0.29, 0.717) is 6.04 Å². The van der Waals surface area contributed by atoms with E-state index in [4.69, 9.17) is 0 Å². The van der Waals surface area contributed by atoms with E-state index in [9.17, 15) is 10.2 Å². The second kappa shape index (κ2) is 3.69. The largest absolute Gasteiger partial charge is 0.391 e. The van der Waals surface area contributed by atoms with Gasteiger partial charge < -0.3 is 10.2 Å². The molecular formula is C14H27NO2. The lowest BCUT2D eigenvalue weighted by Crippen LogP contribution is -2.42. The molecule has 1 heterocycles. The highest BCUT2D eigenvalue weighted by molar-refractivity contribution is 5.31. The second-order valence-electron chi connectivity index (χ2n) is 6.88. The predicted octanol–water partition coefficient (Wildman–Crippen LogP) is 1.91. The van der Waals surface area contributed by atoms with Crippen molar-refractivity contribution in [3.8, 4) is 0 Å². The number of rotatable bonds is 5. The van der Waals surface area contributed by atoms with Gasteiger partial charge in [0.05, 0.1) is 17.7 Å². The molecular weight excluding hydrogens is 214 g/mol. The van der Waals surface area contributed by atoms with Crippen LogP contribution in [0.5, 0.6) is 0 Å². The van der Waals surface area contributed by atoms with E-state index in [1.807, 2.05) is 13.8 Å². The van der Waals surface area contributed by atoms with Gasteiger partial charge in [0.1, 0.15) is 0 Å². The summed E-state index contributed by atoms with van der Waals surface area (Å²) in [6.07, 6.45) is 3.40. The molecule has 1 aliphatic carbocycles. The molecule has 0 radical (unpaired) electrons. The van der Waals surface area contributed by atoms with Crippen LogP contribution in [0.3, 0.4) is 0 Å². The standard InChI is InChI=1S/C14H27NO2/c1-6-13(5,17)9-12(3,4)15-11-10(16)8-14(11,15)7-2/h10-11,16-17H,6-9H2,1-5H3. The van der Waals surface area contributed by atoms with Crippen LogP contribution in [0.4, 0.5) is 0 Å². The van der Waals surface area contributed by atoms with Crippen molar-refractivity contribution in [2.45, 2.75) is 89.1 Å². The van der Waals surface area contributed by atoms with Gasteiger partial charge in [-0.3, -0.25) is 4.90 Å². The van der Waals surface area contributed by atoms with Crippen molar-refractivity contribution in [2.24, 2.45) is 0 Å². The minimum Gasteiger partial charge on any atom is -0.391 e. The highest BCUT2D eigenvalue weighted by Gasteiger charge is 2.76. The highest BCUT2D eigenvalue weighted by atomic mass is 16.3. The number of likely N-dealkylation sites (tertiary alicyclic amines) is 1. The lowest BCUT2D eigenvalue weighted by atomic mass is 9.80. The Morgan fingerprint density at radius 2 is 1.88 bits per heavy atom. The fraction of sp³-hybridized carbons (Fsp3) is 1.00. The van der Waals surface area contributed by atoms with Gasteiger partial charge in [0.25, 0.3) is 0 Å². The summed E-state index contributed by atoms with van der Waals surface area (Å²) in [4.78, 5) is 2.44. The Kier molecular flexibility index (Phi) is 2.89. The quantitative estimate of drug-likeness (QED) is 0.723. The van der Waals surface area contributed by atoms with E-state index >= 15 is 0 Å². The Bertz CT molecular complexity index is 313. The number of hydrogen-bond acceptors (Lipinski definition) is 3. The van der Waals surface area contributed by atoms with Crippen molar-refractivity contribution < 1.29 is 10.2 Å². The van der Waals surface area contributed by atoms with Gasteiger partial charge in [-0.05, 0) is 46.5 Å². The van der Waals surface area contributed by atoms with E-state index in [-0.39, 0.29) is 17.2 Å². The zero-order valence-electron chi connectivity index (χ0n) is 11.8. The second-order valence-corrected chi connectivity index (χ2v) is 6.88. The molecule has 2 aliphatic rings. The fourth-order valence-electron chi connectivity index (χ4n) is 4.11. The molecule has 1 saturated heterocycles. The van der Waals surface area contributed by atoms with Crippen molar-refractivity contribution in [2.75, 3.05) is 0 Å². The third kappa shape index (κ3) is 1.83. The molecule has 5 atom stereocenters. The average Bonchev–Trinajstić information content (AvgIpc) is 2.78. The van der Waals surface area contributed by atoms with Crippen molar-refractivity contribution in [3.05, 3.63) is 0 Å². The van der Waals surface area contributed by atoms with E-state index < -0.39 is 5.60 Å². The van der Waals surface area contributed by atoms with Gasteiger partial charge in [0.2, 0.25) is 0 Å². The molecule has 0 aromatic carbocycles. The smallest absolute Gasteiger partial charge is 0.0732 e. The molecule has 3 nitrogen and oxygen atoms in total. The van der Waals surface area contributed by atoms with Gasteiger partial charge in [0.15, 0.2) is 0 Å². The van der Waals surface area contributed by atoms with E-state index in [2.05, 4.69) is 25.7 Å². The predicted molar refractivity (Wildman–Crippen MR) is 68.9 cm³/mol. The first kappa shape index (κ1) is 13.3. The third-order valence-electron chi connectivity index (χ3n) is 5.01. The summed E-state index contributed by atoms with van der Waals surface area (Å²) in [5.41, 5.74) is -0.393. The normalized spacial score (nSPS) is 43.6. The van der Waals surface area contributed by atoms with Crippen LogP contribution in [0.15, 0.2) is 0 Å². The first-order valence-corrected chi connectivity index (χ1v) is 6.90. The number of hydrogen-bond donors (Lipinski definition) is 2. The van der Waals surface area contributed by atoms with Crippen LogP contribution >= 0.6 is 0 Å². The van der Waals surface area contributed by atoms with E-state index in [0.717, 1.165) is 25.7 Å². The van der Waals surface area contributed by atoms with Crippen molar-refractivity contribution in [1.82, 2.24) is 4.90 Å². The first-order chi connectivity index (χ1) is 7.70. The molecule has 100 valence electrons. The molecule has 2 rings (SSSR count). The van der Waals surface area contributed by atoms with Gasteiger partial charge in [-0.25, -0.2) is 0 Å². The maximum absolute atomic E-state index is 10.3. The summed E-state index contributed by atoms with van der Waals surface area (Å²) in [5, 5.41) is 20.1. The summed E-state index contributed by atoms with van der Waals surface area (Å²) in [6.45, 7) is 10.5. The van der Waals surface area contributed by atoms with Crippen LogP contribution in [-0.2, 0) is 0 Å². The summed E-state index contributed by atoms with van der Waals surface area (Å²) < 4.78 is 0. The van der Waals surface area contributed by atoms with Crippen LogP contribution < -0.4 is 0 Å². The molecule has 1 saturated carbocycles. The fourth-order valence-corrected chi connectivity index (χ4v) is 4.11.